The summed E-state index contributed by atoms with van der Waals surface area (Å²) < 4.78 is 6.12. The fraction of sp³-hybridized carbons (Fsp3) is 0. The predicted octanol–water partition coefficient (Wildman–Crippen LogP) is 3.79. The highest BCUT2D eigenvalue weighted by molar-refractivity contribution is 7.22. The number of amides is 2. The van der Waals surface area contributed by atoms with Crippen molar-refractivity contribution in [2.45, 2.75) is 0 Å². The minimum Gasteiger partial charge on any atom is -0.431 e. The summed E-state index contributed by atoms with van der Waals surface area (Å²) in [6.07, 6.45) is 1.18. The molecule has 2 N–H and O–H groups in total. The van der Waals surface area contributed by atoms with E-state index >= 15 is 0 Å². The van der Waals surface area contributed by atoms with Gasteiger partial charge in [0.15, 0.2) is 10.8 Å². The zero-order chi connectivity index (χ0) is 17.9. The van der Waals surface area contributed by atoms with Crippen LogP contribution in [0.2, 0.25) is 0 Å². The predicted molar refractivity (Wildman–Crippen MR) is 98.5 cm³/mol. The van der Waals surface area contributed by atoms with Gasteiger partial charge in [0.25, 0.3) is 11.8 Å². The van der Waals surface area contributed by atoms with Gasteiger partial charge in [0.2, 0.25) is 0 Å². The van der Waals surface area contributed by atoms with Gasteiger partial charge in [-0.1, -0.05) is 41.7 Å². The van der Waals surface area contributed by atoms with Gasteiger partial charge in [-0.15, -0.1) is 0 Å². The molecule has 2 aromatic carbocycles. The number of hydrogen-bond donors (Lipinski definition) is 2. The van der Waals surface area contributed by atoms with E-state index in [-0.39, 0.29) is 17.6 Å². The molecule has 0 spiro atoms. The van der Waals surface area contributed by atoms with Crippen molar-refractivity contribution >= 4 is 44.5 Å². The molecule has 26 heavy (non-hydrogen) atoms. The van der Waals surface area contributed by atoms with Crippen molar-refractivity contribution in [3.63, 3.8) is 0 Å². The highest BCUT2D eigenvalue weighted by Crippen LogP contribution is 2.25. The SMILES string of the molecule is O=C(Nc1nc(C(=O)Nc2nc3ccccc3s2)co1)c1ccccc1. The van der Waals surface area contributed by atoms with Crippen LogP contribution >= 0.6 is 11.3 Å². The van der Waals surface area contributed by atoms with Crippen LogP contribution in [0.3, 0.4) is 0 Å². The van der Waals surface area contributed by atoms with E-state index in [0.29, 0.717) is 10.7 Å². The Labute approximate surface area is 151 Å². The van der Waals surface area contributed by atoms with Gasteiger partial charge in [-0.3, -0.25) is 20.2 Å². The Morgan fingerprint density at radius 1 is 0.885 bits per heavy atom. The molecule has 0 aliphatic rings. The lowest BCUT2D eigenvalue weighted by atomic mass is 10.2. The highest BCUT2D eigenvalue weighted by atomic mass is 32.1. The van der Waals surface area contributed by atoms with Crippen LogP contribution in [0.15, 0.2) is 65.3 Å². The Bertz CT molecular complexity index is 1050. The molecule has 4 aromatic rings. The summed E-state index contributed by atoms with van der Waals surface area (Å²) in [7, 11) is 0. The zero-order valence-corrected chi connectivity index (χ0v) is 14.1. The summed E-state index contributed by atoms with van der Waals surface area (Å²) in [6.45, 7) is 0. The number of carbonyl (C=O) groups excluding carboxylic acids is 2. The number of para-hydroxylation sites is 1. The Morgan fingerprint density at radius 2 is 1.65 bits per heavy atom. The van der Waals surface area contributed by atoms with Crippen LogP contribution in [-0.4, -0.2) is 21.8 Å². The Hall–Kier alpha value is -3.52. The summed E-state index contributed by atoms with van der Waals surface area (Å²) in [6, 6.07) is 16.2. The lowest BCUT2D eigenvalue weighted by Crippen LogP contribution is -2.14. The summed E-state index contributed by atoms with van der Waals surface area (Å²) in [4.78, 5) is 32.7. The maximum Gasteiger partial charge on any atom is 0.302 e. The molecular formula is C18H12N4O3S. The number of anilines is 2. The van der Waals surface area contributed by atoms with Crippen LogP contribution < -0.4 is 10.6 Å². The van der Waals surface area contributed by atoms with Gasteiger partial charge >= 0.3 is 6.01 Å². The number of thiazole rings is 1. The van der Waals surface area contributed by atoms with E-state index in [0.717, 1.165) is 10.2 Å². The molecule has 7 nitrogen and oxygen atoms in total. The van der Waals surface area contributed by atoms with Gasteiger partial charge in [-0.25, -0.2) is 4.98 Å². The van der Waals surface area contributed by atoms with Gasteiger partial charge in [-0.05, 0) is 24.3 Å². The molecule has 4 rings (SSSR count). The summed E-state index contributed by atoms with van der Waals surface area (Å²) >= 11 is 1.36. The van der Waals surface area contributed by atoms with Crippen molar-refractivity contribution in [2.24, 2.45) is 0 Å². The Morgan fingerprint density at radius 3 is 2.46 bits per heavy atom. The van der Waals surface area contributed by atoms with E-state index in [1.165, 1.54) is 17.6 Å². The fourth-order valence-electron chi connectivity index (χ4n) is 2.28. The molecule has 2 aromatic heterocycles. The largest absolute Gasteiger partial charge is 0.431 e. The monoisotopic (exact) mass is 364 g/mol. The number of carbonyl (C=O) groups is 2. The average molecular weight is 364 g/mol. The lowest BCUT2D eigenvalue weighted by Gasteiger charge is -1.99. The lowest BCUT2D eigenvalue weighted by molar-refractivity contribution is 0.101. The normalized spacial score (nSPS) is 10.6. The molecule has 0 fully saturated rings. The molecule has 0 saturated heterocycles. The van der Waals surface area contributed by atoms with E-state index in [2.05, 4.69) is 20.6 Å². The van der Waals surface area contributed by atoms with Gasteiger partial charge in [0.1, 0.15) is 6.26 Å². The van der Waals surface area contributed by atoms with Crippen molar-refractivity contribution in [3.8, 4) is 0 Å². The molecule has 2 amide bonds. The molecule has 0 aliphatic heterocycles. The van der Waals surface area contributed by atoms with Crippen LogP contribution in [-0.2, 0) is 0 Å². The number of oxazole rings is 1. The van der Waals surface area contributed by atoms with Crippen molar-refractivity contribution in [2.75, 3.05) is 10.6 Å². The van der Waals surface area contributed by atoms with E-state index in [9.17, 15) is 9.59 Å². The second kappa shape index (κ2) is 6.77. The summed E-state index contributed by atoms with van der Waals surface area (Å²) in [5.41, 5.74) is 1.32. The minimum atomic E-state index is -0.465. The molecule has 0 saturated carbocycles. The van der Waals surface area contributed by atoms with Crippen LogP contribution in [0, 0.1) is 0 Å². The quantitative estimate of drug-likeness (QED) is 0.574. The number of nitrogens with zero attached hydrogens (tertiary/aromatic N) is 2. The molecule has 0 unspecified atom stereocenters. The number of fused-ring (bicyclic) bond motifs is 1. The van der Waals surface area contributed by atoms with Crippen LogP contribution in [0.25, 0.3) is 10.2 Å². The first-order valence-electron chi connectivity index (χ1n) is 7.68. The van der Waals surface area contributed by atoms with E-state index in [1.54, 1.807) is 24.3 Å². The number of rotatable bonds is 4. The van der Waals surface area contributed by atoms with Crippen LogP contribution in [0.1, 0.15) is 20.8 Å². The molecular weight excluding hydrogens is 352 g/mol. The summed E-state index contributed by atoms with van der Waals surface area (Å²) in [5, 5.41) is 5.66. The average Bonchev–Trinajstić information content (AvgIpc) is 3.28. The zero-order valence-electron chi connectivity index (χ0n) is 13.3. The molecule has 2 heterocycles. The van der Waals surface area contributed by atoms with Crippen molar-refractivity contribution < 1.29 is 14.0 Å². The van der Waals surface area contributed by atoms with Gasteiger partial charge in [-0.2, -0.15) is 4.98 Å². The maximum atomic E-state index is 12.3. The van der Waals surface area contributed by atoms with Gasteiger partial charge in [0.05, 0.1) is 10.2 Å². The van der Waals surface area contributed by atoms with Gasteiger partial charge in [0, 0.05) is 5.56 Å². The first-order chi connectivity index (χ1) is 12.7. The van der Waals surface area contributed by atoms with E-state index < -0.39 is 5.91 Å². The van der Waals surface area contributed by atoms with Crippen LogP contribution in [0.5, 0.6) is 0 Å². The number of hydrogen-bond acceptors (Lipinski definition) is 6. The fourth-order valence-corrected chi connectivity index (χ4v) is 3.14. The van der Waals surface area contributed by atoms with E-state index in [1.807, 2.05) is 30.3 Å². The molecule has 0 radical (unpaired) electrons. The third-order valence-corrected chi connectivity index (χ3v) is 4.46. The van der Waals surface area contributed by atoms with Crippen molar-refractivity contribution in [1.29, 1.82) is 0 Å². The highest BCUT2D eigenvalue weighted by Gasteiger charge is 2.16. The molecule has 0 bridgehead atoms. The second-order valence-electron chi connectivity index (χ2n) is 5.30. The third kappa shape index (κ3) is 3.31. The van der Waals surface area contributed by atoms with Crippen LogP contribution in [0.4, 0.5) is 11.1 Å². The first kappa shape index (κ1) is 16.0. The van der Waals surface area contributed by atoms with Gasteiger partial charge < -0.3 is 4.42 Å². The summed E-state index contributed by atoms with van der Waals surface area (Å²) in [5.74, 6) is -0.835. The van der Waals surface area contributed by atoms with Crippen molar-refractivity contribution in [3.05, 3.63) is 72.1 Å². The third-order valence-electron chi connectivity index (χ3n) is 3.51. The van der Waals surface area contributed by atoms with Crippen molar-refractivity contribution in [1.82, 2.24) is 9.97 Å². The topological polar surface area (TPSA) is 97.1 Å². The number of nitrogens with one attached hydrogen (secondary N) is 2. The maximum absolute atomic E-state index is 12.3. The molecule has 0 aliphatic carbocycles. The number of benzene rings is 2. The minimum absolute atomic E-state index is 0.0479. The molecule has 0 atom stereocenters. The standard InChI is InChI=1S/C18H12N4O3S/c23-15(11-6-2-1-3-7-11)21-17-19-13(10-25-17)16(24)22-18-20-12-8-4-5-9-14(12)26-18/h1-10H,(H,19,21,23)(H,20,22,24). The first-order valence-corrected chi connectivity index (χ1v) is 8.49. The Kier molecular flexibility index (Phi) is 4.16. The number of aromatic nitrogens is 2. The smallest absolute Gasteiger partial charge is 0.302 e. The second-order valence-corrected chi connectivity index (χ2v) is 6.33. The molecule has 128 valence electrons. The Balaban J connectivity index is 1.45. The molecule has 8 heteroatoms. The van der Waals surface area contributed by atoms with E-state index in [4.69, 9.17) is 4.42 Å².